The van der Waals surface area contributed by atoms with E-state index in [2.05, 4.69) is 16.5 Å². The Kier molecular flexibility index (Phi) is 1.99. The van der Waals surface area contributed by atoms with Crippen molar-refractivity contribution < 1.29 is 0 Å². The second-order valence-corrected chi connectivity index (χ2v) is 3.16. The molecular formula is C10H6ClN3. The van der Waals surface area contributed by atoms with Gasteiger partial charge >= 0.3 is 0 Å². The average Bonchev–Trinajstić information content (AvgIpc) is 2.59. The molecule has 68 valence electrons. The fourth-order valence-electron chi connectivity index (χ4n) is 1.26. The Morgan fingerprint density at radius 2 is 2.36 bits per heavy atom. The van der Waals surface area contributed by atoms with Crippen LogP contribution in [-0.2, 0) is 0 Å². The first-order valence-electron chi connectivity index (χ1n) is 3.93. The zero-order chi connectivity index (χ0) is 10.1. The third-order valence-electron chi connectivity index (χ3n) is 1.93. The summed E-state index contributed by atoms with van der Waals surface area (Å²) in [5, 5.41) is 4.54. The number of halogens is 1. The van der Waals surface area contributed by atoms with Crippen molar-refractivity contribution in [1.29, 1.82) is 0 Å². The molecule has 0 radical (unpaired) electrons. The van der Waals surface area contributed by atoms with Gasteiger partial charge in [-0.2, -0.15) is 4.52 Å². The topological polar surface area (TPSA) is 21.7 Å². The number of rotatable bonds is 1. The molecule has 0 fully saturated rings. The number of pyridine rings is 1. The molecule has 0 N–H and O–H groups in total. The van der Waals surface area contributed by atoms with Crippen LogP contribution in [-0.4, -0.2) is 9.61 Å². The monoisotopic (exact) mass is 203 g/mol. The highest BCUT2D eigenvalue weighted by molar-refractivity contribution is 6.33. The largest absolute Gasteiger partial charge is 0.362 e. The predicted octanol–water partition coefficient (Wildman–Crippen LogP) is 3.18. The van der Waals surface area contributed by atoms with Crippen LogP contribution >= 0.6 is 11.6 Å². The Morgan fingerprint density at radius 1 is 1.57 bits per heavy atom. The van der Waals surface area contributed by atoms with Crippen LogP contribution in [0.5, 0.6) is 0 Å². The van der Waals surface area contributed by atoms with E-state index in [0.717, 1.165) is 11.1 Å². The Labute approximate surface area is 86.0 Å². The van der Waals surface area contributed by atoms with E-state index in [9.17, 15) is 0 Å². The molecular weight excluding hydrogens is 198 g/mol. The molecule has 3 nitrogen and oxygen atoms in total. The van der Waals surface area contributed by atoms with Crippen LogP contribution in [0.2, 0.25) is 5.02 Å². The Bertz CT molecular complexity index is 548. The molecule has 0 aliphatic carbocycles. The lowest BCUT2D eigenvalue weighted by Gasteiger charge is -1.97. The number of fused-ring (bicyclic) bond motifs is 1. The van der Waals surface area contributed by atoms with E-state index < -0.39 is 0 Å². The summed E-state index contributed by atoms with van der Waals surface area (Å²) in [5.41, 5.74) is 1.60. The van der Waals surface area contributed by atoms with Gasteiger partial charge in [-0.25, -0.2) is 0 Å². The smallest absolute Gasteiger partial charge is 0.256 e. The van der Waals surface area contributed by atoms with Crippen LogP contribution in [0.4, 0.5) is 5.82 Å². The molecule has 0 saturated carbocycles. The highest BCUT2D eigenvalue weighted by Gasteiger charge is 2.09. The SMILES string of the molecule is [C-]#[N+]c1cc(C=C)cc2c(Cl)cnn12. The fourth-order valence-corrected chi connectivity index (χ4v) is 1.44. The van der Waals surface area contributed by atoms with Crippen molar-refractivity contribution in [3.05, 3.63) is 46.9 Å². The predicted molar refractivity (Wildman–Crippen MR) is 56.6 cm³/mol. The van der Waals surface area contributed by atoms with Crippen molar-refractivity contribution in [3.63, 3.8) is 0 Å². The van der Waals surface area contributed by atoms with Crippen LogP contribution < -0.4 is 0 Å². The van der Waals surface area contributed by atoms with Crippen LogP contribution in [0.25, 0.3) is 16.4 Å². The number of hydrogen-bond acceptors (Lipinski definition) is 1. The summed E-state index contributed by atoms with van der Waals surface area (Å²) < 4.78 is 1.52. The summed E-state index contributed by atoms with van der Waals surface area (Å²) in [4.78, 5) is 3.36. The molecule has 2 rings (SSSR count). The molecule has 14 heavy (non-hydrogen) atoms. The van der Waals surface area contributed by atoms with Crippen LogP contribution in [0.1, 0.15) is 5.56 Å². The first kappa shape index (κ1) is 8.79. The lowest BCUT2D eigenvalue weighted by Crippen LogP contribution is -1.87. The number of aromatic nitrogens is 2. The molecule has 0 saturated heterocycles. The van der Waals surface area contributed by atoms with E-state index in [-0.39, 0.29) is 0 Å². The van der Waals surface area contributed by atoms with E-state index >= 15 is 0 Å². The average molecular weight is 204 g/mol. The Morgan fingerprint density at radius 3 is 3.00 bits per heavy atom. The Balaban J connectivity index is 2.91. The van der Waals surface area contributed by atoms with Crippen molar-refractivity contribution in [1.82, 2.24) is 9.61 Å². The second-order valence-electron chi connectivity index (χ2n) is 2.75. The van der Waals surface area contributed by atoms with Gasteiger partial charge in [0.15, 0.2) is 5.52 Å². The minimum absolute atomic E-state index is 0.435. The minimum atomic E-state index is 0.435. The normalized spacial score (nSPS) is 10.0. The van der Waals surface area contributed by atoms with Crippen molar-refractivity contribution >= 4 is 29.0 Å². The molecule has 2 aromatic rings. The highest BCUT2D eigenvalue weighted by Crippen LogP contribution is 2.24. The maximum atomic E-state index is 6.99. The molecule has 2 aromatic heterocycles. The van der Waals surface area contributed by atoms with Crippen molar-refractivity contribution in [2.75, 3.05) is 0 Å². The molecule has 2 heterocycles. The zero-order valence-electron chi connectivity index (χ0n) is 7.24. The van der Waals surface area contributed by atoms with Crippen LogP contribution in [0, 0.1) is 6.57 Å². The summed E-state index contributed by atoms with van der Waals surface area (Å²) in [7, 11) is 0. The molecule has 4 heteroatoms. The molecule has 0 amide bonds. The summed E-state index contributed by atoms with van der Waals surface area (Å²) >= 11 is 5.91. The van der Waals surface area contributed by atoms with Gasteiger partial charge in [0.1, 0.15) is 5.02 Å². The van der Waals surface area contributed by atoms with Gasteiger partial charge in [-0.05, 0) is 17.7 Å². The first-order chi connectivity index (χ1) is 6.76. The highest BCUT2D eigenvalue weighted by atomic mass is 35.5. The van der Waals surface area contributed by atoms with Gasteiger partial charge in [-0.1, -0.05) is 30.8 Å². The van der Waals surface area contributed by atoms with Gasteiger partial charge in [-0.15, -0.1) is 5.10 Å². The fraction of sp³-hybridized carbons (Fsp3) is 0. The molecule has 0 aliphatic heterocycles. The number of nitrogens with zero attached hydrogens (tertiary/aromatic N) is 3. The van der Waals surface area contributed by atoms with Gasteiger partial charge in [0, 0.05) is 0 Å². The molecule has 0 spiro atoms. The van der Waals surface area contributed by atoms with E-state index in [1.165, 1.54) is 10.7 Å². The molecule has 0 aromatic carbocycles. The maximum Gasteiger partial charge on any atom is 0.256 e. The summed E-state index contributed by atoms with van der Waals surface area (Å²) in [6, 6.07) is 3.56. The van der Waals surface area contributed by atoms with Crippen molar-refractivity contribution in [2.45, 2.75) is 0 Å². The molecule has 0 bridgehead atoms. The van der Waals surface area contributed by atoms with Gasteiger partial charge in [0.05, 0.1) is 6.20 Å². The van der Waals surface area contributed by atoms with Gasteiger partial charge in [0.2, 0.25) is 0 Å². The molecule has 0 atom stereocenters. The first-order valence-corrected chi connectivity index (χ1v) is 4.31. The summed E-state index contributed by atoms with van der Waals surface area (Å²) in [6.45, 7) is 10.6. The quantitative estimate of drug-likeness (QED) is 0.653. The third kappa shape index (κ3) is 1.17. The lowest BCUT2D eigenvalue weighted by atomic mass is 10.2. The van der Waals surface area contributed by atoms with Crippen LogP contribution in [0.15, 0.2) is 24.9 Å². The molecule has 0 unspecified atom stereocenters. The van der Waals surface area contributed by atoms with E-state index in [4.69, 9.17) is 18.2 Å². The number of hydrogen-bond donors (Lipinski definition) is 0. The minimum Gasteiger partial charge on any atom is -0.362 e. The van der Waals surface area contributed by atoms with E-state index in [1.807, 2.05) is 6.07 Å². The molecule has 0 aliphatic rings. The maximum absolute atomic E-state index is 6.99. The summed E-state index contributed by atoms with van der Waals surface area (Å²) in [5.74, 6) is 0.435. The zero-order valence-corrected chi connectivity index (χ0v) is 7.99. The van der Waals surface area contributed by atoms with Crippen molar-refractivity contribution in [3.8, 4) is 0 Å². The standard InChI is InChI=1S/C10H6ClN3/c1-3-7-4-9-8(11)6-13-14(9)10(5-7)12-2/h3-6H,1H2. The van der Waals surface area contributed by atoms with Gasteiger partial charge in [-0.3, -0.25) is 0 Å². The summed E-state index contributed by atoms with van der Waals surface area (Å²) in [6.07, 6.45) is 3.20. The van der Waals surface area contributed by atoms with Gasteiger partial charge < -0.3 is 4.85 Å². The third-order valence-corrected chi connectivity index (χ3v) is 2.22. The van der Waals surface area contributed by atoms with Crippen molar-refractivity contribution in [2.24, 2.45) is 0 Å². The Hall–Kier alpha value is -1.79. The van der Waals surface area contributed by atoms with E-state index in [1.54, 1.807) is 12.1 Å². The lowest BCUT2D eigenvalue weighted by molar-refractivity contribution is 0.979. The second kappa shape index (κ2) is 3.17. The van der Waals surface area contributed by atoms with E-state index in [0.29, 0.717) is 10.8 Å². The van der Waals surface area contributed by atoms with Gasteiger partial charge in [0.25, 0.3) is 5.82 Å². The van der Waals surface area contributed by atoms with Crippen LogP contribution in [0.3, 0.4) is 0 Å².